The molecule has 0 radical (unpaired) electrons. The highest BCUT2D eigenvalue weighted by atomic mass is 32.2. The largest absolute Gasteiger partial charge is 0.477 e. The highest BCUT2D eigenvalue weighted by Gasteiger charge is 2.60. The van der Waals surface area contributed by atoms with Crippen molar-refractivity contribution in [3.8, 4) is 0 Å². The van der Waals surface area contributed by atoms with E-state index in [9.17, 15) is 29.4 Å². The maximum Gasteiger partial charge on any atom is 0.353 e. The van der Waals surface area contributed by atoms with Crippen molar-refractivity contribution in [2.24, 2.45) is 11.8 Å². The van der Waals surface area contributed by atoms with E-state index in [2.05, 4.69) is 21.3 Å². The molecule has 0 aromatic heterocycles. The Morgan fingerprint density at radius 3 is 2.54 bits per heavy atom. The zero-order valence-corrected chi connectivity index (χ0v) is 20.8. The summed E-state index contributed by atoms with van der Waals surface area (Å²) in [6.45, 7) is 7.50. The molecule has 0 bridgehead atoms. The van der Waals surface area contributed by atoms with E-state index in [-0.39, 0.29) is 40.8 Å². The van der Waals surface area contributed by atoms with E-state index < -0.39 is 24.0 Å². The number of amides is 4. The number of aliphatic hydroxyl groups excluding tert-OH is 1. The predicted molar refractivity (Wildman–Crippen MR) is 128 cm³/mol. The van der Waals surface area contributed by atoms with Crippen molar-refractivity contribution in [3.63, 3.8) is 0 Å². The Morgan fingerprint density at radius 2 is 1.89 bits per heavy atom. The summed E-state index contributed by atoms with van der Waals surface area (Å²) in [7, 11) is 0. The van der Waals surface area contributed by atoms with Gasteiger partial charge < -0.3 is 41.3 Å². The predicted octanol–water partition coefficient (Wildman–Crippen LogP) is -1.67. The van der Waals surface area contributed by atoms with E-state index in [1.54, 1.807) is 11.8 Å². The maximum atomic E-state index is 12.6. The van der Waals surface area contributed by atoms with Crippen LogP contribution in [0.3, 0.4) is 0 Å². The molecule has 4 amide bonds. The average molecular weight is 511 g/mol. The molecule has 35 heavy (non-hydrogen) atoms. The Morgan fingerprint density at radius 1 is 1.20 bits per heavy atom. The standard InChI is InChI=1S/C22H34N6O6S/c1-11-16-15(12(2)29)20(31)28(16)17(21(32)33)18(11)35-13-9-14(26-10-13)19(30)24-3-4-25-22(34)27-7-5-23-6-8-27/h11-16,23,26,29H,3-10H2,1-2H3,(H,24,30)(H,25,34)(H,32,33)/t11-,12-,13+,14+,15?,16?/m1/s1. The number of aliphatic carboxylic acids is 1. The highest BCUT2D eigenvalue weighted by molar-refractivity contribution is 8.03. The smallest absolute Gasteiger partial charge is 0.353 e. The molecule has 0 aromatic carbocycles. The number of urea groups is 1. The van der Waals surface area contributed by atoms with Crippen LogP contribution in [0.4, 0.5) is 4.79 Å². The quantitative estimate of drug-likeness (QED) is 0.166. The number of nitrogens with one attached hydrogen (secondary N) is 4. The van der Waals surface area contributed by atoms with Crippen molar-refractivity contribution < 1.29 is 29.4 Å². The second kappa shape index (κ2) is 10.7. The summed E-state index contributed by atoms with van der Waals surface area (Å²) in [4.78, 5) is 52.8. The summed E-state index contributed by atoms with van der Waals surface area (Å²) in [6, 6.07) is -0.891. The molecule has 6 atom stereocenters. The minimum Gasteiger partial charge on any atom is -0.477 e. The number of nitrogens with zero attached hydrogens (tertiary/aromatic N) is 2. The number of carbonyl (C=O) groups is 4. The average Bonchev–Trinajstić information content (AvgIpc) is 3.39. The minimum absolute atomic E-state index is 0.00234. The first kappa shape index (κ1) is 25.7. The first-order chi connectivity index (χ1) is 16.7. The van der Waals surface area contributed by atoms with Gasteiger partial charge in [0.15, 0.2) is 0 Å². The molecule has 0 aliphatic carbocycles. The van der Waals surface area contributed by atoms with Crippen LogP contribution in [0.2, 0.25) is 0 Å². The molecule has 6 N–H and O–H groups in total. The Kier molecular flexibility index (Phi) is 7.89. The molecular weight excluding hydrogens is 476 g/mol. The van der Waals surface area contributed by atoms with E-state index in [0.717, 1.165) is 13.1 Å². The van der Waals surface area contributed by atoms with Gasteiger partial charge in [0, 0.05) is 61.9 Å². The number of β-lactam (4-membered cyclic amide) rings is 1. The Labute approximate surface area is 208 Å². The number of carbonyl (C=O) groups excluding carboxylic acids is 3. The van der Waals surface area contributed by atoms with Crippen LogP contribution in [0.15, 0.2) is 10.6 Å². The number of piperazine rings is 1. The zero-order valence-electron chi connectivity index (χ0n) is 20.0. The monoisotopic (exact) mass is 510 g/mol. The van der Waals surface area contributed by atoms with Gasteiger partial charge in [-0.2, -0.15) is 0 Å². The molecule has 0 saturated carbocycles. The lowest BCUT2D eigenvalue weighted by atomic mass is 9.79. The van der Waals surface area contributed by atoms with Crippen molar-refractivity contribution in [2.45, 2.75) is 43.7 Å². The number of hydrogen-bond donors (Lipinski definition) is 6. The summed E-state index contributed by atoms with van der Waals surface area (Å²) < 4.78 is 0. The molecule has 4 heterocycles. The van der Waals surface area contributed by atoms with Gasteiger partial charge in [-0.25, -0.2) is 9.59 Å². The number of aliphatic hydroxyl groups is 1. The van der Waals surface area contributed by atoms with Gasteiger partial charge in [-0.05, 0) is 13.3 Å². The number of carboxylic acids is 1. The first-order valence-corrected chi connectivity index (χ1v) is 13.0. The lowest BCUT2D eigenvalue weighted by molar-refractivity contribution is -0.163. The molecule has 2 unspecified atom stereocenters. The fourth-order valence-electron chi connectivity index (χ4n) is 5.31. The van der Waals surface area contributed by atoms with Gasteiger partial charge in [-0.3, -0.25) is 9.59 Å². The number of thioether (sulfide) groups is 1. The lowest BCUT2D eigenvalue weighted by Gasteiger charge is -2.46. The third kappa shape index (κ3) is 5.13. The second-order valence-electron chi connectivity index (χ2n) is 9.47. The molecule has 0 aromatic rings. The van der Waals surface area contributed by atoms with Crippen molar-refractivity contribution >= 4 is 35.6 Å². The molecule has 12 nitrogen and oxygen atoms in total. The van der Waals surface area contributed by atoms with Crippen LogP contribution in [-0.2, 0) is 14.4 Å². The van der Waals surface area contributed by atoms with E-state index >= 15 is 0 Å². The zero-order chi connectivity index (χ0) is 25.3. The highest BCUT2D eigenvalue weighted by Crippen LogP contribution is 2.51. The third-order valence-electron chi connectivity index (χ3n) is 7.12. The van der Waals surface area contributed by atoms with Gasteiger partial charge in [-0.1, -0.05) is 6.92 Å². The Balaban J connectivity index is 1.25. The van der Waals surface area contributed by atoms with Crippen molar-refractivity contribution in [3.05, 3.63) is 10.6 Å². The fraction of sp³-hybridized carbons (Fsp3) is 0.727. The van der Waals surface area contributed by atoms with Crippen LogP contribution in [0.5, 0.6) is 0 Å². The molecule has 4 aliphatic heterocycles. The number of fused-ring (bicyclic) bond motifs is 1. The summed E-state index contributed by atoms with van der Waals surface area (Å²) in [6.07, 6.45) is -0.320. The SMILES string of the molecule is C[C@@H](O)C1C(=O)N2C(C(=O)O)=C(S[C@@H]3CN[C@H](C(=O)NCCNC(=O)N4CCNCC4)C3)[C@H](C)C12. The molecule has 3 fully saturated rings. The van der Waals surface area contributed by atoms with Crippen LogP contribution < -0.4 is 21.3 Å². The number of carboxylic acid groups (broad SMARTS) is 1. The van der Waals surface area contributed by atoms with Crippen molar-refractivity contribution in [1.29, 1.82) is 0 Å². The normalized spacial score (nSPS) is 31.2. The van der Waals surface area contributed by atoms with Crippen LogP contribution in [0, 0.1) is 11.8 Å². The van der Waals surface area contributed by atoms with Gasteiger partial charge in [0.1, 0.15) is 5.70 Å². The van der Waals surface area contributed by atoms with E-state index in [0.29, 0.717) is 44.0 Å². The molecule has 4 rings (SSSR count). The molecule has 0 spiro atoms. The van der Waals surface area contributed by atoms with Crippen LogP contribution in [0.1, 0.15) is 20.3 Å². The first-order valence-electron chi connectivity index (χ1n) is 12.1. The van der Waals surface area contributed by atoms with E-state index in [1.165, 1.54) is 16.7 Å². The number of rotatable bonds is 8. The molecular formula is C22H34N6O6S. The van der Waals surface area contributed by atoms with Crippen molar-refractivity contribution in [2.75, 3.05) is 45.8 Å². The Bertz CT molecular complexity index is 907. The summed E-state index contributed by atoms with van der Waals surface area (Å²) in [5, 5.41) is 31.8. The van der Waals surface area contributed by atoms with Crippen LogP contribution >= 0.6 is 11.8 Å². The fourth-order valence-corrected chi connectivity index (χ4v) is 6.79. The molecule has 4 aliphatic rings. The van der Waals surface area contributed by atoms with Gasteiger partial charge in [-0.15, -0.1) is 11.8 Å². The van der Waals surface area contributed by atoms with Gasteiger partial charge >= 0.3 is 12.0 Å². The summed E-state index contributed by atoms with van der Waals surface area (Å²) >= 11 is 1.41. The van der Waals surface area contributed by atoms with Gasteiger partial charge in [0.05, 0.1) is 24.1 Å². The Hall–Kier alpha value is -2.35. The van der Waals surface area contributed by atoms with Gasteiger partial charge in [0.25, 0.3) is 0 Å². The minimum atomic E-state index is -1.15. The topological polar surface area (TPSA) is 163 Å². The lowest BCUT2D eigenvalue weighted by Crippen LogP contribution is -2.63. The van der Waals surface area contributed by atoms with Crippen LogP contribution in [0.25, 0.3) is 0 Å². The molecule has 194 valence electrons. The van der Waals surface area contributed by atoms with Gasteiger partial charge in [0.2, 0.25) is 11.8 Å². The molecule has 13 heteroatoms. The molecule has 3 saturated heterocycles. The maximum absolute atomic E-state index is 12.6. The third-order valence-corrected chi connectivity index (χ3v) is 8.63. The van der Waals surface area contributed by atoms with E-state index in [1.807, 2.05) is 6.92 Å². The van der Waals surface area contributed by atoms with Crippen LogP contribution in [-0.4, -0.2) is 113 Å². The number of hydrogen-bond acceptors (Lipinski definition) is 8. The van der Waals surface area contributed by atoms with Crippen molar-refractivity contribution in [1.82, 2.24) is 31.1 Å². The summed E-state index contributed by atoms with van der Waals surface area (Å²) in [5.74, 6) is -2.46. The summed E-state index contributed by atoms with van der Waals surface area (Å²) in [5.41, 5.74) is 0.00234. The second-order valence-corrected chi connectivity index (χ2v) is 10.8. The van der Waals surface area contributed by atoms with E-state index in [4.69, 9.17) is 0 Å².